The molecule has 1 unspecified atom stereocenters. The number of fused-ring (bicyclic) bond motifs is 3. The third kappa shape index (κ3) is 4.29. The molecule has 3 aromatic carbocycles. The maximum Gasteiger partial charge on any atom is 0.328 e. The first-order valence-corrected chi connectivity index (χ1v) is 9.96. The van der Waals surface area contributed by atoms with Crippen molar-refractivity contribution in [1.82, 2.24) is 0 Å². The predicted octanol–water partition coefficient (Wildman–Crippen LogP) is 3.14. The normalized spacial score (nSPS) is 13.8. The summed E-state index contributed by atoms with van der Waals surface area (Å²) in [4.78, 5) is 25.5. The van der Waals surface area contributed by atoms with Crippen LogP contribution in [-0.4, -0.2) is 34.7 Å². The SMILES string of the molecule is O=C(O)C(Cc1ccc([N+](=O)[O-])cc1)N=C([O-])OCC1c2ccccc2-c2ccccc21. The van der Waals surface area contributed by atoms with Gasteiger partial charge in [0.25, 0.3) is 5.69 Å². The second-order valence-corrected chi connectivity index (χ2v) is 7.41. The summed E-state index contributed by atoms with van der Waals surface area (Å²) in [5, 5.41) is 32.5. The van der Waals surface area contributed by atoms with Gasteiger partial charge in [0.1, 0.15) is 6.08 Å². The largest absolute Gasteiger partial charge is 0.599 e. The van der Waals surface area contributed by atoms with Crippen molar-refractivity contribution in [2.75, 3.05) is 6.61 Å². The van der Waals surface area contributed by atoms with Gasteiger partial charge in [0.05, 0.1) is 4.92 Å². The molecule has 1 aliphatic rings. The van der Waals surface area contributed by atoms with Gasteiger partial charge < -0.3 is 14.9 Å². The monoisotopic (exact) mass is 431 g/mol. The lowest BCUT2D eigenvalue weighted by molar-refractivity contribution is -0.384. The van der Waals surface area contributed by atoms with Crippen molar-refractivity contribution >= 4 is 17.7 Å². The fraction of sp³-hybridized carbons (Fsp3) is 0.167. The molecule has 0 fully saturated rings. The number of hydrogen-bond acceptors (Lipinski definition) is 6. The van der Waals surface area contributed by atoms with Crippen LogP contribution in [0.4, 0.5) is 5.69 Å². The van der Waals surface area contributed by atoms with E-state index in [1.165, 1.54) is 24.3 Å². The second-order valence-electron chi connectivity index (χ2n) is 7.41. The van der Waals surface area contributed by atoms with E-state index in [2.05, 4.69) is 4.99 Å². The van der Waals surface area contributed by atoms with Crippen molar-refractivity contribution in [3.8, 4) is 11.1 Å². The third-order valence-electron chi connectivity index (χ3n) is 5.46. The van der Waals surface area contributed by atoms with Gasteiger partial charge in [-0.2, -0.15) is 0 Å². The van der Waals surface area contributed by atoms with E-state index in [9.17, 15) is 25.1 Å². The molecular formula is C24H19N2O6-. The lowest BCUT2D eigenvalue weighted by atomic mass is 9.98. The van der Waals surface area contributed by atoms with Crippen LogP contribution in [0.25, 0.3) is 11.1 Å². The van der Waals surface area contributed by atoms with Crippen LogP contribution < -0.4 is 5.11 Å². The molecule has 162 valence electrons. The summed E-state index contributed by atoms with van der Waals surface area (Å²) < 4.78 is 5.35. The fourth-order valence-corrected chi connectivity index (χ4v) is 3.92. The molecule has 32 heavy (non-hydrogen) atoms. The van der Waals surface area contributed by atoms with Crippen molar-refractivity contribution in [3.63, 3.8) is 0 Å². The van der Waals surface area contributed by atoms with Crippen molar-refractivity contribution in [2.24, 2.45) is 4.99 Å². The van der Waals surface area contributed by atoms with E-state index in [1.807, 2.05) is 48.5 Å². The molecule has 1 aliphatic carbocycles. The van der Waals surface area contributed by atoms with Gasteiger partial charge in [-0.3, -0.25) is 15.1 Å². The highest BCUT2D eigenvalue weighted by Gasteiger charge is 2.27. The number of carboxylic acid groups (broad SMARTS) is 1. The van der Waals surface area contributed by atoms with Gasteiger partial charge in [-0.1, -0.05) is 60.7 Å². The van der Waals surface area contributed by atoms with Crippen LogP contribution >= 0.6 is 0 Å². The van der Waals surface area contributed by atoms with Gasteiger partial charge in [-0.05, 0) is 27.8 Å². The zero-order valence-electron chi connectivity index (χ0n) is 16.9. The number of benzene rings is 3. The van der Waals surface area contributed by atoms with Crippen LogP contribution in [0.15, 0.2) is 77.8 Å². The van der Waals surface area contributed by atoms with Gasteiger partial charge in [0.2, 0.25) is 0 Å². The molecular weight excluding hydrogens is 412 g/mol. The predicted molar refractivity (Wildman–Crippen MR) is 115 cm³/mol. The van der Waals surface area contributed by atoms with Crippen LogP contribution in [0, 0.1) is 10.1 Å². The Morgan fingerprint density at radius 3 is 2.09 bits per heavy atom. The highest BCUT2D eigenvalue weighted by Crippen LogP contribution is 2.44. The summed E-state index contributed by atoms with van der Waals surface area (Å²) in [6.45, 7) is 0.0419. The van der Waals surface area contributed by atoms with Crippen molar-refractivity contribution in [2.45, 2.75) is 18.4 Å². The first-order valence-electron chi connectivity index (χ1n) is 9.96. The first kappa shape index (κ1) is 21.0. The minimum absolute atomic E-state index is 0.0419. The number of rotatable bonds is 7. The Bertz CT molecular complexity index is 1140. The molecule has 0 amide bonds. The Morgan fingerprint density at radius 1 is 1.00 bits per heavy atom. The topological polar surface area (TPSA) is 125 Å². The molecule has 0 bridgehead atoms. The van der Waals surface area contributed by atoms with Crippen molar-refractivity contribution in [1.29, 1.82) is 0 Å². The van der Waals surface area contributed by atoms with E-state index >= 15 is 0 Å². The smallest absolute Gasteiger partial charge is 0.328 e. The number of nitro benzene ring substituents is 1. The molecule has 0 radical (unpaired) electrons. The Morgan fingerprint density at radius 2 is 1.56 bits per heavy atom. The number of carboxylic acids is 1. The lowest BCUT2D eigenvalue weighted by Crippen LogP contribution is -2.30. The van der Waals surface area contributed by atoms with Crippen LogP contribution in [0.3, 0.4) is 0 Å². The van der Waals surface area contributed by atoms with E-state index in [0.717, 1.165) is 22.3 Å². The molecule has 0 saturated heterocycles. The molecule has 4 rings (SSSR count). The quantitative estimate of drug-likeness (QED) is 0.265. The first-order chi connectivity index (χ1) is 15.4. The number of nitro groups is 1. The highest BCUT2D eigenvalue weighted by molar-refractivity contribution is 5.79. The third-order valence-corrected chi connectivity index (χ3v) is 5.46. The van der Waals surface area contributed by atoms with E-state index in [4.69, 9.17) is 4.74 Å². The second kappa shape index (κ2) is 8.89. The number of nitrogens with zero attached hydrogens (tertiary/aromatic N) is 2. The van der Waals surface area contributed by atoms with Gasteiger partial charge in [-0.25, -0.2) is 4.79 Å². The average Bonchev–Trinajstić information content (AvgIpc) is 3.11. The highest BCUT2D eigenvalue weighted by atomic mass is 16.6. The number of carbonyl (C=O) groups is 1. The summed E-state index contributed by atoms with van der Waals surface area (Å²) >= 11 is 0. The summed E-state index contributed by atoms with van der Waals surface area (Å²) in [6, 6.07) is 19.9. The molecule has 0 aliphatic heterocycles. The minimum Gasteiger partial charge on any atom is -0.599 e. The molecule has 1 atom stereocenters. The zero-order valence-corrected chi connectivity index (χ0v) is 16.9. The molecule has 3 aromatic rings. The Kier molecular flexibility index (Phi) is 5.85. The minimum atomic E-state index is -1.35. The summed E-state index contributed by atoms with van der Waals surface area (Å²) in [5.74, 6) is -1.43. The lowest BCUT2D eigenvalue weighted by Gasteiger charge is -2.22. The Balaban J connectivity index is 1.47. The zero-order chi connectivity index (χ0) is 22.7. The van der Waals surface area contributed by atoms with Gasteiger partial charge in [0, 0.05) is 31.1 Å². The molecule has 8 heteroatoms. The molecule has 0 heterocycles. The summed E-state index contributed by atoms with van der Waals surface area (Å²) in [7, 11) is 0. The number of aliphatic imine (C=N–C) groups is 1. The van der Waals surface area contributed by atoms with Crippen molar-refractivity contribution < 1.29 is 24.7 Å². The van der Waals surface area contributed by atoms with E-state index in [-0.39, 0.29) is 24.6 Å². The molecule has 0 aromatic heterocycles. The molecule has 0 saturated carbocycles. The molecule has 0 spiro atoms. The number of aliphatic carboxylic acids is 1. The van der Waals surface area contributed by atoms with Crippen LogP contribution in [-0.2, 0) is 16.0 Å². The Hall–Kier alpha value is -4.20. The number of non-ortho nitro benzene ring substituents is 1. The maximum absolute atomic E-state index is 12.3. The Labute approximate surface area is 183 Å². The van der Waals surface area contributed by atoms with Gasteiger partial charge in [-0.15, -0.1) is 0 Å². The van der Waals surface area contributed by atoms with Crippen LogP contribution in [0.2, 0.25) is 0 Å². The van der Waals surface area contributed by atoms with Crippen molar-refractivity contribution in [3.05, 3.63) is 99.6 Å². The standard InChI is InChI=1S/C24H20N2O6/c27-23(28)22(13-15-9-11-16(12-10-15)26(30)31)25-24(29)32-14-21-19-7-3-1-5-17(19)18-6-2-4-8-20(18)21/h1-12,21-22H,13-14H2,(H,25,29)(H,27,28)/p-1. The summed E-state index contributed by atoms with van der Waals surface area (Å²) in [5.41, 5.74) is 4.67. The van der Waals surface area contributed by atoms with Gasteiger partial charge in [0.15, 0.2) is 6.04 Å². The number of ether oxygens (including phenoxy) is 1. The van der Waals surface area contributed by atoms with E-state index in [0.29, 0.717) is 5.56 Å². The van der Waals surface area contributed by atoms with Crippen LogP contribution in [0.1, 0.15) is 22.6 Å². The van der Waals surface area contributed by atoms with E-state index < -0.39 is 23.0 Å². The fourth-order valence-electron chi connectivity index (χ4n) is 3.92. The summed E-state index contributed by atoms with van der Waals surface area (Å²) in [6.07, 6.45) is -1.04. The maximum atomic E-state index is 12.3. The average molecular weight is 431 g/mol. The van der Waals surface area contributed by atoms with E-state index in [1.54, 1.807) is 0 Å². The van der Waals surface area contributed by atoms with Crippen LogP contribution in [0.5, 0.6) is 0 Å². The van der Waals surface area contributed by atoms with Gasteiger partial charge >= 0.3 is 5.97 Å². The molecule has 1 N–H and O–H groups in total. The number of hydrogen-bond donors (Lipinski definition) is 1. The molecule has 8 nitrogen and oxygen atoms in total.